The molecule has 0 bridgehead atoms. The third-order valence-corrected chi connectivity index (χ3v) is 5.45. The lowest BCUT2D eigenvalue weighted by atomic mass is 10.2. The van der Waals surface area contributed by atoms with E-state index in [0.29, 0.717) is 0 Å². The molecule has 3 aromatic rings. The fourth-order valence-electron chi connectivity index (χ4n) is 1.95. The second kappa shape index (κ2) is 7.74. The molecule has 5 nitrogen and oxygen atoms in total. The largest absolute Gasteiger partial charge is 0.497 e. The SMILES string of the molecule is COS(=O)(=O)c1ccc(C)cc1.COc1ccc2nc(C)sc2c1. The summed E-state index contributed by atoms with van der Waals surface area (Å²) in [5.41, 5.74) is 2.07. The zero-order valence-electron chi connectivity index (χ0n) is 13.9. The number of hydrogen-bond donors (Lipinski definition) is 0. The van der Waals surface area contributed by atoms with Crippen molar-refractivity contribution < 1.29 is 17.3 Å². The van der Waals surface area contributed by atoms with Crippen molar-refractivity contribution in [3.05, 3.63) is 53.0 Å². The van der Waals surface area contributed by atoms with E-state index in [9.17, 15) is 8.42 Å². The maximum atomic E-state index is 11.1. The molecule has 7 heteroatoms. The van der Waals surface area contributed by atoms with Gasteiger partial charge in [-0.15, -0.1) is 11.3 Å². The van der Waals surface area contributed by atoms with E-state index in [4.69, 9.17) is 4.74 Å². The topological polar surface area (TPSA) is 65.5 Å². The van der Waals surface area contributed by atoms with Gasteiger partial charge >= 0.3 is 0 Å². The van der Waals surface area contributed by atoms with Crippen LogP contribution in [0.1, 0.15) is 10.6 Å². The predicted molar refractivity (Wildman–Crippen MR) is 96.3 cm³/mol. The van der Waals surface area contributed by atoms with Crippen LogP contribution >= 0.6 is 11.3 Å². The van der Waals surface area contributed by atoms with Crippen LogP contribution in [0.3, 0.4) is 0 Å². The van der Waals surface area contributed by atoms with Crippen LogP contribution in [-0.2, 0) is 14.3 Å². The van der Waals surface area contributed by atoms with Gasteiger partial charge in [0.05, 0.1) is 34.3 Å². The third-order valence-electron chi connectivity index (χ3n) is 3.23. The maximum absolute atomic E-state index is 11.1. The number of ether oxygens (including phenoxy) is 1. The van der Waals surface area contributed by atoms with E-state index in [1.54, 1.807) is 30.6 Å². The molecule has 0 aliphatic rings. The van der Waals surface area contributed by atoms with Gasteiger partial charge in [-0.05, 0) is 44.2 Å². The average Bonchev–Trinajstić information content (AvgIpc) is 2.94. The molecule has 0 amide bonds. The maximum Gasteiger partial charge on any atom is 0.296 e. The molecular weight excluding hydrogens is 346 g/mol. The number of methoxy groups -OCH3 is 1. The molecule has 1 heterocycles. The molecule has 1 aromatic heterocycles. The first-order chi connectivity index (χ1) is 11.4. The molecule has 0 saturated heterocycles. The molecule has 0 unspecified atom stereocenters. The molecule has 0 saturated carbocycles. The molecule has 0 atom stereocenters. The highest BCUT2D eigenvalue weighted by Gasteiger charge is 2.11. The van der Waals surface area contributed by atoms with E-state index in [1.807, 2.05) is 32.0 Å². The Hall–Kier alpha value is -1.96. The summed E-state index contributed by atoms with van der Waals surface area (Å²) in [7, 11) is -0.691. The molecule has 0 aliphatic carbocycles. The highest BCUT2D eigenvalue weighted by Crippen LogP contribution is 2.25. The van der Waals surface area contributed by atoms with Crippen molar-refractivity contribution in [2.24, 2.45) is 0 Å². The van der Waals surface area contributed by atoms with E-state index in [2.05, 4.69) is 9.17 Å². The zero-order valence-corrected chi connectivity index (χ0v) is 15.6. The minimum Gasteiger partial charge on any atom is -0.497 e. The van der Waals surface area contributed by atoms with Crippen molar-refractivity contribution >= 4 is 31.7 Å². The van der Waals surface area contributed by atoms with Crippen molar-refractivity contribution in [3.63, 3.8) is 0 Å². The lowest BCUT2D eigenvalue weighted by Gasteiger charge is -2.00. The normalized spacial score (nSPS) is 11.0. The lowest BCUT2D eigenvalue weighted by molar-refractivity contribution is 0.398. The van der Waals surface area contributed by atoms with Crippen molar-refractivity contribution in [2.75, 3.05) is 14.2 Å². The van der Waals surface area contributed by atoms with Crippen LogP contribution in [-0.4, -0.2) is 27.6 Å². The highest BCUT2D eigenvalue weighted by molar-refractivity contribution is 7.86. The van der Waals surface area contributed by atoms with Crippen LogP contribution in [0, 0.1) is 13.8 Å². The Morgan fingerprint density at radius 2 is 1.67 bits per heavy atom. The number of hydrogen-bond acceptors (Lipinski definition) is 6. The zero-order chi connectivity index (χ0) is 17.7. The Balaban J connectivity index is 0.000000174. The Labute approximate surface area is 146 Å². The number of thiazole rings is 1. The minimum atomic E-state index is -3.51. The van der Waals surface area contributed by atoms with Gasteiger partial charge in [-0.2, -0.15) is 8.42 Å². The summed E-state index contributed by atoms with van der Waals surface area (Å²) in [4.78, 5) is 4.54. The van der Waals surface area contributed by atoms with E-state index in [0.717, 1.165) is 28.9 Å². The van der Waals surface area contributed by atoms with E-state index in [1.165, 1.54) is 16.8 Å². The molecule has 2 aromatic carbocycles. The number of benzene rings is 2. The summed E-state index contributed by atoms with van der Waals surface area (Å²) in [5.74, 6) is 0.895. The number of aryl methyl sites for hydroxylation is 2. The summed E-state index contributed by atoms with van der Waals surface area (Å²) in [6.45, 7) is 3.90. The number of rotatable bonds is 3. The fraction of sp³-hybridized carbons (Fsp3) is 0.235. The van der Waals surface area contributed by atoms with Crippen LogP contribution in [0.15, 0.2) is 47.4 Å². The average molecular weight is 365 g/mol. The summed E-state index contributed by atoms with van der Waals surface area (Å²) in [6, 6.07) is 12.4. The van der Waals surface area contributed by atoms with Crippen LogP contribution in [0.25, 0.3) is 10.2 Å². The molecule has 0 fully saturated rings. The summed E-state index contributed by atoms with van der Waals surface area (Å²) >= 11 is 1.69. The molecule has 0 radical (unpaired) electrons. The Morgan fingerprint density at radius 1 is 1.00 bits per heavy atom. The van der Waals surface area contributed by atoms with E-state index < -0.39 is 10.1 Å². The molecule has 128 valence electrons. The van der Waals surface area contributed by atoms with Gasteiger partial charge in [0, 0.05) is 0 Å². The Bertz CT molecular complexity index is 915. The van der Waals surface area contributed by atoms with E-state index >= 15 is 0 Å². The van der Waals surface area contributed by atoms with Crippen LogP contribution in [0.2, 0.25) is 0 Å². The number of fused-ring (bicyclic) bond motifs is 1. The van der Waals surface area contributed by atoms with Gasteiger partial charge in [0.1, 0.15) is 5.75 Å². The van der Waals surface area contributed by atoms with Crippen molar-refractivity contribution in [2.45, 2.75) is 18.7 Å². The molecule has 3 rings (SSSR count). The molecule has 0 spiro atoms. The first-order valence-electron chi connectivity index (χ1n) is 7.14. The summed E-state index contributed by atoms with van der Waals surface area (Å²) in [5, 5.41) is 1.10. The standard InChI is InChI=1S/C9H9NOS.C8H10O3S/c1-6-10-8-4-3-7(11-2)5-9(8)12-6;1-7-3-5-8(6-4-7)12(9,10)11-2/h3-5H,1-2H3;3-6H,1-2H3. The number of nitrogens with zero attached hydrogens (tertiary/aromatic N) is 1. The van der Waals surface area contributed by atoms with Gasteiger partial charge in [-0.3, -0.25) is 4.18 Å². The van der Waals surface area contributed by atoms with Gasteiger partial charge in [0.15, 0.2) is 0 Å². The predicted octanol–water partition coefficient (Wildman–Crippen LogP) is 3.94. The third kappa shape index (κ3) is 4.53. The summed E-state index contributed by atoms with van der Waals surface area (Å²) in [6.07, 6.45) is 0. The Morgan fingerprint density at radius 3 is 2.25 bits per heavy atom. The van der Waals surface area contributed by atoms with Crippen LogP contribution < -0.4 is 4.74 Å². The quantitative estimate of drug-likeness (QED) is 0.658. The van der Waals surface area contributed by atoms with Gasteiger partial charge in [0.25, 0.3) is 10.1 Å². The highest BCUT2D eigenvalue weighted by atomic mass is 32.2. The lowest BCUT2D eigenvalue weighted by Crippen LogP contribution is -2.02. The first kappa shape index (κ1) is 18.4. The Kier molecular flexibility index (Phi) is 5.93. The van der Waals surface area contributed by atoms with Crippen LogP contribution in [0.4, 0.5) is 0 Å². The molecule has 0 N–H and O–H groups in total. The van der Waals surface area contributed by atoms with Gasteiger partial charge in [-0.25, -0.2) is 4.98 Å². The first-order valence-corrected chi connectivity index (χ1v) is 9.36. The second-order valence-corrected chi connectivity index (χ2v) is 7.95. The second-order valence-electron chi connectivity index (χ2n) is 5.00. The summed E-state index contributed by atoms with van der Waals surface area (Å²) < 4.78 is 32.8. The van der Waals surface area contributed by atoms with Gasteiger partial charge in [0.2, 0.25) is 0 Å². The van der Waals surface area contributed by atoms with Crippen molar-refractivity contribution in [1.29, 1.82) is 0 Å². The van der Waals surface area contributed by atoms with Gasteiger partial charge < -0.3 is 4.74 Å². The molecular formula is C17H19NO4S2. The van der Waals surface area contributed by atoms with Crippen molar-refractivity contribution in [3.8, 4) is 5.75 Å². The van der Waals surface area contributed by atoms with Crippen molar-refractivity contribution in [1.82, 2.24) is 4.98 Å². The molecule has 0 aliphatic heterocycles. The monoisotopic (exact) mass is 365 g/mol. The molecule has 24 heavy (non-hydrogen) atoms. The van der Waals surface area contributed by atoms with Crippen LogP contribution in [0.5, 0.6) is 5.75 Å². The van der Waals surface area contributed by atoms with Gasteiger partial charge in [-0.1, -0.05) is 17.7 Å². The smallest absolute Gasteiger partial charge is 0.296 e. The fourth-order valence-corrected chi connectivity index (χ4v) is 3.47. The number of aromatic nitrogens is 1. The minimum absolute atomic E-state index is 0.190. The van der Waals surface area contributed by atoms with E-state index in [-0.39, 0.29) is 4.90 Å².